The van der Waals surface area contributed by atoms with E-state index in [-0.39, 0.29) is 17.0 Å². The quantitative estimate of drug-likeness (QED) is 0.725. The Labute approximate surface area is 151 Å². The molecule has 1 fully saturated rings. The van der Waals surface area contributed by atoms with Crippen molar-refractivity contribution in [3.63, 3.8) is 0 Å². The number of halogens is 1. The number of H-pyrrole nitrogens is 1. The Hall–Kier alpha value is -1.89. The fourth-order valence-electron chi connectivity index (χ4n) is 3.07. The number of rotatable bonds is 7. The molecule has 2 aromatic rings. The standard InChI is InChI=1S/C18H23FN4OS/c1-12(17(24)20-15-9-7-14(19)8-10-15)25-18-21-16(22-23-18)11-6-13-4-2-3-5-13/h7-10,12-13H,2-6,11H2,1H3,(H,20,24)(H,21,22,23)/t12-/m0/s1. The van der Waals surface area contributed by atoms with Crippen molar-refractivity contribution < 1.29 is 9.18 Å². The summed E-state index contributed by atoms with van der Waals surface area (Å²) in [6.07, 6.45) is 7.42. The molecule has 0 spiro atoms. The van der Waals surface area contributed by atoms with Gasteiger partial charge in [-0.3, -0.25) is 9.89 Å². The molecule has 1 heterocycles. The number of anilines is 1. The minimum atomic E-state index is -0.344. The van der Waals surface area contributed by atoms with Crippen molar-refractivity contribution in [2.45, 2.75) is 55.9 Å². The number of aryl methyl sites for hydroxylation is 1. The molecule has 1 aromatic carbocycles. The highest BCUT2D eigenvalue weighted by atomic mass is 32.2. The predicted molar refractivity (Wildman–Crippen MR) is 97.0 cm³/mol. The van der Waals surface area contributed by atoms with Crippen LogP contribution < -0.4 is 5.32 Å². The van der Waals surface area contributed by atoms with E-state index in [2.05, 4.69) is 20.5 Å². The second-order valence-electron chi connectivity index (χ2n) is 6.51. The van der Waals surface area contributed by atoms with Gasteiger partial charge in [0.25, 0.3) is 0 Å². The van der Waals surface area contributed by atoms with E-state index in [4.69, 9.17) is 0 Å². The first-order valence-corrected chi connectivity index (χ1v) is 9.62. The van der Waals surface area contributed by atoms with Gasteiger partial charge in [0, 0.05) is 12.1 Å². The van der Waals surface area contributed by atoms with Gasteiger partial charge in [-0.25, -0.2) is 9.37 Å². The molecule has 1 amide bonds. The third kappa shape index (κ3) is 5.29. The highest BCUT2D eigenvalue weighted by Gasteiger charge is 2.19. The van der Waals surface area contributed by atoms with E-state index in [1.807, 2.05) is 0 Å². The summed E-state index contributed by atoms with van der Waals surface area (Å²) < 4.78 is 12.9. The van der Waals surface area contributed by atoms with Crippen LogP contribution in [0.3, 0.4) is 0 Å². The topological polar surface area (TPSA) is 70.7 Å². The van der Waals surface area contributed by atoms with Gasteiger partial charge in [0.05, 0.1) is 5.25 Å². The van der Waals surface area contributed by atoms with Crippen molar-refractivity contribution in [1.82, 2.24) is 15.2 Å². The van der Waals surface area contributed by atoms with Gasteiger partial charge in [0.15, 0.2) is 0 Å². The number of thioether (sulfide) groups is 1. The molecule has 25 heavy (non-hydrogen) atoms. The molecule has 0 unspecified atom stereocenters. The Balaban J connectivity index is 1.47. The summed E-state index contributed by atoms with van der Waals surface area (Å²) in [5.41, 5.74) is 0.575. The molecule has 3 rings (SSSR count). The average molecular weight is 362 g/mol. The average Bonchev–Trinajstić information content (AvgIpc) is 3.26. The highest BCUT2D eigenvalue weighted by Crippen LogP contribution is 2.28. The lowest BCUT2D eigenvalue weighted by Gasteiger charge is -2.10. The number of amides is 1. The number of nitrogens with one attached hydrogen (secondary N) is 2. The first kappa shape index (κ1) is 17.9. The number of hydrogen-bond donors (Lipinski definition) is 2. The highest BCUT2D eigenvalue weighted by molar-refractivity contribution is 8.00. The number of nitrogens with zero attached hydrogens (tertiary/aromatic N) is 2. The van der Waals surface area contributed by atoms with Crippen LogP contribution in [0.4, 0.5) is 10.1 Å². The zero-order chi connectivity index (χ0) is 17.6. The van der Waals surface area contributed by atoms with Crippen LogP contribution in [0.25, 0.3) is 0 Å². The Bertz CT molecular complexity index is 697. The molecule has 134 valence electrons. The second kappa shape index (κ2) is 8.47. The van der Waals surface area contributed by atoms with Gasteiger partial charge in [0.2, 0.25) is 11.1 Å². The fraction of sp³-hybridized carbons (Fsp3) is 0.500. The summed E-state index contributed by atoms with van der Waals surface area (Å²) in [4.78, 5) is 16.7. The SMILES string of the molecule is C[C@H](Sc1n[nH]c(CCC2CCCC2)n1)C(=O)Nc1ccc(F)cc1. The zero-order valence-corrected chi connectivity index (χ0v) is 15.1. The van der Waals surface area contributed by atoms with Crippen LogP contribution in [0.2, 0.25) is 0 Å². The van der Waals surface area contributed by atoms with Crippen LogP contribution in [-0.4, -0.2) is 26.3 Å². The number of carbonyl (C=O) groups is 1. The summed E-state index contributed by atoms with van der Waals surface area (Å²) in [7, 11) is 0. The summed E-state index contributed by atoms with van der Waals surface area (Å²) in [6.45, 7) is 1.80. The van der Waals surface area contributed by atoms with E-state index in [1.165, 1.54) is 49.6 Å². The molecule has 0 bridgehead atoms. The lowest BCUT2D eigenvalue weighted by Crippen LogP contribution is -2.22. The molecule has 1 aliphatic carbocycles. The monoisotopic (exact) mass is 362 g/mol. The van der Waals surface area contributed by atoms with Gasteiger partial charge in [-0.1, -0.05) is 37.4 Å². The van der Waals surface area contributed by atoms with E-state index in [9.17, 15) is 9.18 Å². The third-order valence-corrected chi connectivity index (χ3v) is 5.50. The summed E-state index contributed by atoms with van der Waals surface area (Å²) in [6, 6.07) is 5.72. The molecule has 0 saturated heterocycles. The lowest BCUT2D eigenvalue weighted by atomic mass is 10.0. The first-order valence-electron chi connectivity index (χ1n) is 8.74. The summed E-state index contributed by atoms with van der Waals surface area (Å²) in [5.74, 6) is 1.22. The Kier molecular flexibility index (Phi) is 6.07. The normalized spacial score (nSPS) is 16.1. The molecule has 1 aromatic heterocycles. The minimum absolute atomic E-state index is 0.158. The van der Waals surface area contributed by atoms with Gasteiger partial charge in [-0.15, -0.1) is 5.10 Å². The van der Waals surface area contributed by atoms with Gasteiger partial charge in [0.1, 0.15) is 11.6 Å². The van der Waals surface area contributed by atoms with Crippen molar-refractivity contribution in [3.8, 4) is 0 Å². The van der Waals surface area contributed by atoms with Crippen LogP contribution in [-0.2, 0) is 11.2 Å². The van der Waals surface area contributed by atoms with Crippen molar-refractivity contribution in [1.29, 1.82) is 0 Å². The van der Waals surface area contributed by atoms with Crippen LogP contribution in [0.1, 0.15) is 44.9 Å². The predicted octanol–water partition coefficient (Wildman–Crippen LogP) is 4.19. The maximum absolute atomic E-state index is 12.9. The smallest absolute Gasteiger partial charge is 0.237 e. The van der Waals surface area contributed by atoms with Crippen LogP contribution in [0, 0.1) is 11.7 Å². The number of carbonyl (C=O) groups excluding carboxylic acids is 1. The Morgan fingerprint density at radius 2 is 2.08 bits per heavy atom. The van der Waals surface area contributed by atoms with Gasteiger partial charge < -0.3 is 5.32 Å². The number of benzene rings is 1. The summed E-state index contributed by atoms with van der Waals surface area (Å²) in [5, 5.41) is 10.2. The molecular formula is C18H23FN4OS. The minimum Gasteiger partial charge on any atom is -0.325 e. The molecule has 0 radical (unpaired) electrons. The first-order chi connectivity index (χ1) is 12.1. The molecule has 0 aliphatic heterocycles. The number of aromatic amines is 1. The Morgan fingerprint density at radius 3 is 2.80 bits per heavy atom. The Morgan fingerprint density at radius 1 is 1.36 bits per heavy atom. The van der Waals surface area contributed by atoms with E-state index < -0.39 is 0 Å². The molecule has 1 aliphatic rings. The molecular weight excluding hydrogens is 339 g/mol. The van der Waals surface area contributed by atoms with Crippen LogP contribution in [0.5, 0.6) is 0 Å². The molecule has 1 saturated carbocycles. The van der Waals surface area contributed by atoms with E-state index in [1.54, 1.807) is 19.1 Å². The van der Waals surface area contributed by atoms with Crippen molar-refractivity contribution in [2.75, 3.05) is 5.32 Å². The molecule has 2 N–H and O–H groups in total. The molecule has 5 nitrogen and oxygen atoms in total. The third-order valence-electron chi connectivity index (χ3n) is 4.54. The van der Waals surface area contributed by atoms with Crippen molar-refractivity contribution >= 4 is 23.4 Å². The largest absolute Gasteiger partial charge is 0.325 e. The van der Waals surface area contributed by atoms with Crippen molar-refractivity contribution in [2.24, 2.45) is 5.92 Å². The molecule has 1 atom stereocenters. The molecule has 7 heteroatoms. The fourth-order valence-corrected chi connectivity index (χ4v) is 3.81. The van der Waals surface area contributed by atoms with Crippen molar-refractivity contribution in [3.05, 3.63) is 35.9 Å². The number of aromatic nitrogens is 3. The van der Waals surface area contributed by atoms with E-state index in [0.29, 0.717) is 10.8 Å². The van der Waals surface area contributed by atoms with Gasteiger partial charge >= 0.3 is 0 Å². The lowest BCUT2D eigenvalue weighted by molar-refractivity contribution is -0.115. The zero-order valence-electron chi connectivity index (χ0n) is 14.3. The van der Waals surface area contributed by atoms with Gasteiger partial charge in [-0.2, -0.15) is 0 Å². The van der Waals surface area contributed by atoms with E-state index in [0.717, 1.165) is 24.6 Å². The van der Waals surface area contributed by atoms with Crippen LogP contribution in [0.15, 0.2) is 29.4 Å². The summed E-state index contributed by atoms with van der Waals surface area (Å²) >= 11 is 1.31. The van der Waals surface area contributed by atoms with Crippen LogP contribution >= 0.6 is 11.8 Å². The maximum atomic E-state index is 12.9. The second-order valence-corrected chi connectivity index (χ2v) is 7.82. The number of hydrogen-bond acceptors (Lipinski definition) is 4. The van der Waals surface area contributed by atoms with Gasteiger partial charge in [-0.05, 0) is 43.5 Å². The maximum Gasteiger partial charge on any atom is 0.237 e. The van der Waals surface area contributed by atoms with E-state index >= 15 is 0 Å².